The monoisotopic (exact) mass is 363 g/mol. The Balaban J connectivity index is 2.48. The highest BCUT2D eigenvalue weighted by Crippen LogP contribution is 2.27. The first-order valence-corrected chi connectivity index (χ1v) is 7.26. The number of methoxy groups -OCH3 is 2. The highest BCUT2D eigenvalue weighted by molar-refractivity contribution is 5.86. The van der Waals surface area contributed by atoms with E-state index in [1.807, 2.05) is 0 Å². The normalized spacial score (nSPS) is 12.1. The van der Waals surface area contributed by atoms with Gasteiger partial charge in [-0.15, -0.1) is 0 Å². The van der Waals surface area contributed by atoms with Crippen LogP contribution >= 0.6 is 0 Å². The van der Waals surface area contributed by atoms with E-state index in [9.17, 15) is 22.8 Å². The number of rotatable bonds is 7. The number of hydrogen-bond acceptors (Lipinski definition) is 4. The van der Waals surface area contributed by atoms with E-state index in [1.54, 1.807) is 23.5 Å². The average molecular weight is 363 g/mol. The second kappa shape index (κ2) is 9.00. The van der Waals surface area contributed by atoms with Gasteiger partial charge in [-0.2, -0.15) is 13.2 Å². The Hall–Kier alpha value is -2.65. The third kappa shape index (κ3) is 7.19. The van der Waals surface area contributed by atoms with Crippen molar-refractivity contribution in [3.05, 3.63) is 23.8 Å². The zero-order valence-corrected chi connectivity index (χ0v) is 14.0. The van der Waals surface area contributed by atoms with E-state index < -0.39 is 30.7 Å². The number of benzene rings is 1. The molecule has 10 heteroatoms. The molecule has 0 saturated heterocycles. The maximum Gasteiger partial charge on any atom is 0.405 e. The standard InChI is InChI=1S/C15H20F3N3O4/c1-9(13(22)20-8-15(16,17)18)21-14(23)19-7-10-4-5-11(24-2)12(6-10)25-3/h4-6,9H,7-8H2,1-3H3,(H,20,22)(H2,19,21,23)/t9-/m1/s1. The van der Waals surface area contributed by atoms with Crippen molar-refractivity contribution < 1.29 is 32.2 Å². The number of urea groups is 1. The molecule has 1 rings (SSSR count). The van der Waals surface area contributed by atoms with Gasteiger partial charge in [0, 0.05) is 6.54 Å². The number of carbonyl (C=O) groups excluding carboxylic acids is 2. The summed E-state index contributed by atoms with van der Waals surface area (Å²) in [5.41, 5.74) is 0.710. The van der Waals surface area contributed by atoms with Gasteiger partial charge in [0.2, 0.25) is 5.91 Å². The number of carbonyl (C=O) groups is 2. The van der Waals surface area contributed by atoms with Gasteiger partial charge in [0.05, 0.1) is 14.2 Å². The predicted octanol–water partition coefficient (Wildman–Crippen LogP) is 1.57. The van der Waals surface area contributed by atoms with Crippen LogP contribution in [0.25, 0.3) is 0 Å². The molecule has 1 aromatic carbocycles. The van der Waals surface area contributed by atoms with Crippen LogP contribution in [0, 0.1) is 0 Å². The van der Waals surface area contributed by atoms with E-state index in [4.69, 9.17) is 9.47 Å². The molecule has 0 unspecified atom stereocenters. The fraction of sp³-hybridized carbons (Fsp3) is 0.467. The van der Waals surface area contributed by atoms with Crippen LogP contribution in [0.4, 0.5) is 18.0 Å². The second-order valence-electron chi connectivity index (χ2n) is 5.07. The lowest BCUT2D eigenvalue weighted by atomic mass is 10.2. The van der Waals surface area contributed by atoms with Crippen LogP contribution in [0.1, 0.15) is 12.5 Å². The van der Waals surface area contributed by atoms with Crippen molar-refractivity contribution in [1.82, 2.24) is 16.0 Å². The highest BCUT2D eigenvalue weighted by Gasteiger charge is 2.28. The van der Waals surface area contributed by atoms with Crippen molar-refractivity contribution in [2.24, 2.45) is 0 Å². The summed E-state index contributed by atoms with van der Waals surface area (Å²) in [6, 6.07) is 3.23. The Kier molecular flexibility index (Phi) is 7.34. The lowest BCUT2D eigenvalue weighted by molar-refractivity contribution is -0.139. The van der Waals surface area contributed by atoms with Gasteiger partial charge < -0.3 is 25.4 Å². The molecular weight excluding hydrogens is 343 g/mol. The Labute approximate surface area is 142 Å². The van der Waals surface area contributed by atoms with Gasteiger partial charge >= 0.3 is 12.2 Å². The van der Waals surface area contributed by atoms with Crippen LogP contribution in [0.15, 0.2) is 18.2 Å². The van der Waals surface area contributed by atoms with Gasteiger partial charge in [0.15, 0.2) is 11.5 Å². The van der Waals surface area contributed by atoms with Crippen molar-refractivity contribution >= 4 is 11.9 Å². The first-order valence-electron chi connectivity index (χ1n) is 7.26. The second-order valence-corrected chi connectivity index (χ2v) is 5.07. The molecular formula is C15H20F3N3O4. The topological polar surface area (TPSA) is 88.7 Å². The van der Waals surface area contributed by atoms with E-state index in [0.29, 0.717) is 17.1 Å². The largest absolute Gasteiger partial charge is 0.493 e. The van der Waals surface area contributed by atoms with Crippen LogP contribution in [0.3, 0.4) is 0 Å². The summed E-state index contributed by atoms with van der Waals surface area (Å²) in [4.78, 5) is 23.2. The first-order chi connectivity index (χ1) is 11.7. The van der Waals surface area contributed by atoms with Gasteiger partial charge in [-0.05, 0) is 24.6 Å². The lowest BCUT2D eigenvalue weighted by Gasteiger charge is -2.16. The summed E-state index contributed by atoms with van der Waals surface area (Å²) in [6.07, 6.45) is -4.51. The molecule has 0 aromatic heterocycles. The summed E-state index contributed by atoms with van der Waals surface area (Å²) in [5.74, 6) is 0.0892. The Morgan fingerprint density at radius 3 is 2.32 bits per heavy atom. The molecule has 0 spiro atoms. The molecule has 0 bridgehead atoms. The molecule has 0 fully saturated rings. The summed E-state index contributed by atoms with van der Waals surface area (Å²) in [6.45, 7) is -0.0457. The van der Waals surface area contributed by atoms with Crippen molar-refractivity contribution in [2.45, 2.75) is 25.7 Å². The van der Waals surface area contributed by atoms with Crippen molar-refractivity contribution in [1.29, 1.82) is 0 Å². The van der Waals surface area contributed by atoms with E-state index in [-0.39, 0.29) is 6.54 Å². The third-order valence-corrected chi connectivity index (χ3v) is 3.10. The summed E-state index contributed by atoms with van der Waals surface area (Å²) < 4.78 is 46.3. The molecule has 7 nitrogen and oxygen atoms in total. The Morgan fingerprint density at radius 1 is 1.12 bits per heavy atom. The maximum atomic E-state index is 12.0. The minimum Gasteiger partial charge on any atom is -0.493 e. The van der Waals surface area contributed by atoms with Crippen LogP contribution in [-0.4, -0.2) is 44.9 Å². The van der Waals surface area contributed by atoms with Crippen LogP contribution in [0.5, 0.6) is 11.5 Å². The minimum absolute atomic E-state index is 0.128. The molecule has 1 aromatic rings. The van der Waals surface area contributed by atoms with E-state index >= 15 is 0 Å². The Bertz CT molecular complexity index is 608. The van der Waals surface area contributed by atoms with Crippen molar-refractivity contribution in [3.8, 4) is 11.5 Å². The van der Waals surface area contributed by atoms with Crippen LogP contribution in [0.2, 0.25) is 0 Å². The smallest absolute Gasteiger partial charge is 0.405 e. The number of hydrogen-bond donors (Lipinski definition) is 3. The fourth-order valence-electron chi connectivity index (χ4n) is 1.83. The maximum absolute atomic E-state index is 12.0. The summed E-state index contributed by atoms with van der Waals surface area (Å²) in [5, 5.41) is 6.44. The van der Waals surface area contributed by atoms with Crippen molar-refractivity contribution in [2.75, 3.05) is 20.8 Å². The van der Waals surface area contributed by atoms with Crippen molar-refractivity contribution in [3.63, 3.8) is 0 Å². The van der Waals surface area contributed by atoms with Crippen LogP contribution < -0.4 is 25.4 Å². The van der Waals surface area contributed by atoms with E-state index in [1.165, 1.54) is 21.1 Å². The van der Waals surface area contributed by atoms with Gasteiger partial charge in [0.25, 0.3) is 0 Å². The molecule has 0 aliphatic carbocycles. The number of alkyl halides is 3. The van der Waals surface area contributed by atoms with Gasteiger partial charge in [0.1, 0.15) is 12.6 Å². The predicted molar refractivity (Wildman–Crippen MR) is 83.4 cm³/mol. The van der Waals surface area contributed by atoms with Gasteiger partial charge in [-0.25, -0.2) is 4.79 Å². The summed E-state index contributed by atoms with van der Waals surface area (Å²) >= 11 is 0. The molecule has 0 aliphatic heterocycles. The molecule has 140 valence electrons. The third-order valence-electron chi connectivity index (χ3n) is 3.10. The average Bonchev–Trinajstić information content (AvgIpc) is 2.56. The van der Waals surface area contributed by atoms with Gasteiger partial charge in [-0.1, -0.05) is 6.07 Å². The molecule has 0 heterocycles. The lowest BCUT2D eigenvalue weighted by Crippen LogP contribution is -2.49. The molecule has 25 heavy (non-hydrogen) atoms. The molecule has 0 radical (unpaired) electrons. The zero-order valence-electron chi connectivity index (χ0n) is 14.0. The van der Waals surface area contributed by atoms with Crippen LogP contribution in [-0.2, 0) is 11.3 Å². The Morgan fingerprint density at radius 2 is 1.76 bits per heavy atom. The van der Waals surface area contributed by atoms with E-state index in [0.717, 1.165) is 0 Å². The molecule has 3 amide bonds. The van der Waals surface area contributed by atoms with Gasteiger partial charge in [-0.3, -0.25) is 4.79 Å². The molecule has 1 atom stereocenters. The fourth-order valence-corrected chi connectivity index (χ4v) is 1.83. The first kappa shape index (κ1) is 20.4. The minimum atomic E-state index is -4.51. The number of amides is 3. The SMILES string of the molecule is COc1ccc(CNC(=O)N[C@H](C)C(=O)NCC(F)(F)F)cc1OC. The number of nitrogens with one attached hydrogen (secondary N) is 3. The van der Waals surface area contributed by atoms with E-state index in [2.05, 4.69) is 10.6 Å². The highest BCUT2D eigenvalue weighted by atomic mass is 19.4. The number of ether oxygens (including phenoxy) is 2. The summed E-state index contributed by atoms with van der Waals surface area (Å²) in [7, 11) is 2.97. The quantitative estimate of drug-likeness (QED) is 0.686. The molecule has 3 N–H and O–H groups in total. The molecule has 0 aliphatic rings. The number of halogens is 3. The zero-order chi connectivity index (χ0) is 19.0. The molecule has 0 saturated carbocycles.